The molecule has 0 spiro atoms. The van der Waals surface area contributed by atoms with Gasteiger partial charge in [-0.05, 0) is 52.1 Å². The van der Waals surface area contributed by atoms with Crippen LogP contribution >= 0.6 is 11.8 Å². The van der Waals surface area contributed by atoms with Crippen molar-refractivity contribution in [3.63, 3.8) is 0 Å². The molecule has 2 heterocycles. The van der Waals surface area contributed by atoms with Gasteiger partial charge in [0.1, 0.15) is 0 Å². The van der Waals surface area contributed by atoms with Gasteiger partial charge in [-0.2, -0.15) is 0 Å². The summed E-state index contributed by atoms with van der Waals surface area (Å²) in [6.07, 6.45) is 1.00. The molecule has 5 aromatic rings. The maximum atomic E-state index is 12.7. The molecule has 1 aliphatic rings. The van der Waals surface area contributed by atoms with E-state index in [1.54, 1.807) is 11.8 Å². The van der Waals surface area contributed by atoms with Crippen LogP contribution in [0.3, 0.4) is 0 Å². The Balaban J connectivity index is 1.21. The highest BCUT2D eigenvalue weighted by Gasteiger charge is 2.38. The number of pyridine rings is 1. The highest BCUT2D eigenvalue weighted by atomic mass is 32.2. The molecule has 6 nitrogen and oxygen atoms in total. The first-order valence-electron chi connectivity index (χ1n) is 15.1. The first-order valence-corrected chi connectivity index (χ1v) is 16.1. The van der Waals surface area contributed by atoms with Crippen LogP contribution in [0.25, 0.3) is 11.1 Å². The summed E-state index contributed by atoms with van der Waals surface area (Å²) >= 11 is 1.68. The van der Waals surface area contributed by atoms with Crippen molar-refractivity contribution in [2.24, 2.45) is 5.92 Å². The van der Waals surface area contributed by atoms with Gasteiger partial charge in [-0.25, -0.2) is 4.98 Å². The zero-order chi connectivity index (χ0) is 31.0. The third kappa shape index (κ3) is 7.52. The lowest BCUT2D eigenvalue weighted by molar-refractivity contribution is -0.268. The van der Waals surface area contributed by atoms with E-state index in [0.717, 1.165) is 44.2 Å². The van der Waals surface area contributed by atoms with Gasteiger partial charge in [0, 0.05) is 35.5 Å². The van der Waals surface area contributed by atoms with Crippen LogP contribution in [0.5, 0.6) is 0 Å². The molecule has 6 rings (SSSR count). The van der Waals surface area contributed by atoms with Gasteiger partial charge in [-0.15, -0.1) is 11.8 Å². The maximum absolute atomic E-state index is 12.7. The number of carbonyl (C=O) groups is 1. The third-order valence-corrected chi connectivity index (χ3v) is 9.18. The molecular formula is C38H36N2O4S. The number of nitrogens with zero attached hydrogens (tertiary/aromatic N) is 1. The summed E-state index contributed by atoms with van der Waals surface area (Å²) in [6.45, 7) is 2.59. The van der Waals surface area contributed by atoms with Crippen LogP contribution < -0.4 is 5.32 Å². The molecule has 1 amide bonds. The number of benzene rings is 4. The molecule has 1 saturated heterocycles. The van der Waals surface area contributed by atoms with Crippen molar-refractivity contribution in [2.75, 3.05) is 5.75 Å². The first kappa shape index (κ1) is 30.7. The molecule has 1 aromatic heterocycles. The van der Waals surface area contributed by atoms with Gasteiger partial charge in [0.25, 0.3) is 5.91 Å². The number of carbonyl (C=O) groups excluding carboxylic acids is 1. The zero-order valence-electron chi connectivity index (χ0n) is 25.1. The van der Waals surface area contributed by atoms with Gasteiger partial charge >= 0.3 is 0 Å². The van der Waals surface area contributed by atoms with Gasteiger partial charge in [0.15, 0.2) is 6.29 Å². The summed E-state index contributed by atoms with van der Waals surface area (Å²) < 4.78 is 13.3. The molecule has 0 aliphatic carbocycles. The van der Waals surface area contributed by atoms with E-state index in [9.17, 15) is 9.90 Å². The molecule has 2 N–H and O–H groups in total. The van der Waals surface area contributed by atoms with Crippen molar-refractivity contribution in [1.82, 2.24) is 10.3 Å². The third-order valence-electron chi connectivity index (χ3n) is 8.14. The molecule has 1 aliphatic heterocycles. The van der Waals surface area contributed by atoms with Crippen LogP contribution in [0.4, 0.5) is 0 Å². The minimum Gasteiger partial charge on any atom is -0.392 e. The van der Waals surface area contributed by atoms with Crippen LogP contribution in [0.15, 0.2) is 133 Å². The van der Waals surface area contributed by atoms with Crippen molar-refractivity contribution in [1.29, 1.82) is 0 Å². The van der Waals surface area contributed by atoms with E-state index in [2.05, 4.69) is 47.6 Å². The minimum absolute atomic E-state index is 0.00527. The Kier molecular flexibility index (Phi) is 10.0. The molecule has 7 heteroatoms. The van der Waals surface area contributed by atoms with E-state index < -0.39 is 6.29 Å². The largest absolute Gasteiger partial charge is 0.392 e. The number of nitrogens with one attached hydrogen (secondary N) is 1. The van der Waals surface area contributed by atoms with Crippen molar-refractivity contribution in [3.05, 3.63) is 155 Å². The van der Waals surface area contributed by atoms with Crippen LogP contribution in [0.1, 0.15) is 51.9 Å². The van der Waals surface area contributed by atoms with Gasteiger partial charge in [-0.3, -0.25) is 4.79 Å². The molecule has 0 radical (unpaired) electrons. The molecule has 228 valence electrons. The highest BCUT2D eigenvalue weighted by Crippen LogP contribution is 2.43. The number of hydrogen-bond donors (Lipinski definition) is 2. The highest BCUT2D eigenvalue weighted by molar-refractivity contribution is 7.99. The predicted octanol–water partition coefficient (Wildman–Crippen LogP) is 7.75. The molecule has 45 heavy (non-hydrogen) atoms. The summed E-state index contributed by atoms with van der Waals surface area (Å²) in [5, 5.41) is 13.6. The Labute approximate surface area is 268 Å². The first-order chi connectivity index (χ1) is 22.1. The Morgan fingerprint density at radius 1 is 0.822 bits per heavy atom. The van der Waals surface area contributed by atoms with E-state index in [4.69, 9.17) is 9.47 Å². The number of rotatable bonds is 10. The number of aliphatic hydroxyl groups is 1. The van der Waals surface area contributed by atoms with E-state index >= 15 is 0 Å². The Morgan fingerprint density at radius 2 is 1.53 bits per heavy atom. The van der Waals surface area contributed by atoms with Crippen LogP contribution in [-0.2, 0) is 22.6 Å². The molecule has 0 bridgehead atoms. The average Bonchev–Trinajstić information content (AvgIpc) is 3.11. The van der Waals surface area contributed by atoms with Gasteiger partial charge in [0.2, 0.25) is 0 Å². The van der Waals surface area contributed by atoms with E-state index in [1.807, 2.05) is 97.2 Å². The van der Waals surface area contributed by atoms with Crippen molar-refractivity contribution in [3.8, 4) is 11.1 Å². The number of hydrogen-bond acceptors (Lipinski definition) is 6. The summed E-state index contributed by atoms with van der Waals surface area (Å²) in [5.74, 6) is 0.733. The topological polar surface area (TPSA) is 80.7 Å². The van der Waals surface area contributed by atoms with Crippen LogP contribution in [0, 0.1) is 5.92 Å². The lowest BCUT2D eigenvalue weighted by Gasteiger charge is -2.41. The van der Waals surface area contributed by atoms with Gasteiger partial charge in [-0.1, -0.05) is 104 Å². The standard InChI is InChI=1S/C38H36N2O4S/c1-26-34(25-45-35-13-7-8-22-39-35)43-38(44-36(26)29-16-14-27(24-41)15-17-29)31-20-18-28(19-21-31)33-12-6-5-11-32(33)23-40-37(42)30-9-3-2-4-10-30/h2-22,26,34,36,38,41H,23-25H2,1H3,(H,40,42). The van der Waals surface area contributed by atoms with Gasteiger partial charge in [0.05, 0.1) is 23.8 Å². The van der Waals surface area contributed by atoms with E-state index in [-0.39, 0.29) is 30.6 Å². The summed E-state index contributed by atoms with van der Waals surface area (Å²) in [5.41, 5.74) is 6.64. The molecular weight excluding hydrogens is 580 g/mol. The van der Waals surface area contributed by atoms with Crippen molar-refractivity contribution >= 4 is 17.7 Å². The summed E-state index contributed by atoms with van der Waals surface area (Å²) in [4.78, 5) is 17.1. The van der Waals surface area contributed by atoms with Crippen LogP contribution in [-0.4, -0.2) is 27.9 Å². The molecule has 4 aromatic carbocycles. The monoisotopic (exact) mass is 616 g/mol. The van der Waals surface area contributed by atoms with Gasteiger partial charge < -0.3 is 19.9 Å². The second kappa shape index (κ2) is 14.7. The number of ether oxygens (including phenoxy) is 2. The number of thioether (sulfide) groups is 1. The summed E-state index contributed by atoms with van der Waals surface area (Å²) in [6, 6.07) is 39.5. The van der Waals surface area contributed by atoms with E-state index in [1.165, 1.54) is 0 Å². The fraction of sp³-hybridized carbons (Fsp3) is 0.211. The SMILES string of the molecule is CC1C(CSc2ccccn2)OC(c2ccc(-c3ccccc3CNC(=O)c3ccccc3)cc2)OC1c1ccc(CO)cc1. The van der Waals surface area contributed by atoms with Crippen molar-refractivity contribution < 1.29 is 19.4 Å². The molecule has 4 atom stereocenters. The quantitative estimate of drug-likeness (QED) is 0.156. The smallest absolute Gasteiger partial charge is 0.251 e. The average molecular weight is 617 g/mol. The normalized spacial score (nSPS) is 19.6. The Morgan fingerprint density at radius 3 is 2.27 bits per heavy atom. The summed E-state index contributed by atoms with van der Waals surface area (Å²) in [7, 11) is 0. The fourth-order valence-electron chi connectivity index (χ4n) is 5.55. The second-order valence-electron chi connectivity index (χ2n) is 11.1. The van der Waals surface area contributed by atoms with Crippen LogP contribution in [0.2, 0.25) is 0 Å². The fourth-order valence-corrected chi connectivity index (χ4v) is 6.58. The van der Waals surface area contributed by atoms with E-state index in [0.29, 0.717) is 12.1 Å². The number of amides is 1. The predicted molar refractivity (Wildman–Crippen MR) is 177 cm³/mol. The molecule has 1 fully saturated rings. The zero-order valence-corrected chi connectivity index (χ0v) is 25.9. The lowest BCUT2D eigenvalue weighted by Crippen LogP contribution is -2.38. The minimum atomic E-state index is -0.549. The lowest BCUT2D eigenvalue weighted by atomic mass is 9.91. The number of aliphatic hydroxyl groups excluding tert-OH is 1. The second-order valence-corrected chi connectivity index (χ2v) is 12.2. The molecule has 0 saturated carbocycles. The van der Waals surface area contributed by atoms with Crippen molar-refractivity contribution in [2.45, 2.75) is 43.6 Å². The Bertz CT molecular complexity index is 1680. The maximum Gasteiger partial charge on any atom is 0.251 e. The number of aromatic nitrogens is 1. The Hall–Kier alpha value is -4.27. The molecule has 4 unspecified atom stereocenters.